The minimum absolute atomic E-state index is 0.204. The zero-order valence-electron chi connectivity index (χ0n) is 13.9. The van der Waals surface area contributed by atoms with Crippen LogP contribution in [-0.2, 0) is 15.9 Å². The Morgan fingerprint density at radius 2 is 1.67 bits per heavy atom. The highest BCUT2D eigenvalue weighted by Crippen LogP contribution is 2.10. The lowest BCUT2D eigenvalue weighted by atomic mass is 10.2. The minimum atomic E-state index is -0.486. The molecule has 0 aliphatic carbocycles. The Bertz CT molecular complexity index is 697. The van der Waals surface area contributed by atoms with Crippen molar-refractivity contribution in [2.45, 2.75) is 6.42 Å². The molecule has 0 fully saturated rings. The van der Waals surface area contributed by atoms with Crippen LogP contribution in [0.25, 0.3) is 0 Å². The van der Waals surface area contributed by atoms with Crippen molar-refractivity contribution in [2.75, 3.05) is 32.7 Å². The summed E-state index contributed by atoms with van der Waals surface area (Å²) in [5.41, 5.74) is 2.26. The summed E-state index contributed by atoms with van der Waals surface area (Å²) in [5, 5.41) is 0. The molecule has 0 aromatic carbocycles. The highest BCUT2D eigenvalue weighted by molar-refractivity contribution is 5.87. The molecule has 0 amide bonds. The number of rotatable bonds is 6. The first-order valence-electron chi connectivity index (χ1n) is 7.35. The van der Waals surface area contributed by atoms with E-state index in [1.807, 2.05) is 19.0 Å². The summed E-state index contributed by atoms with van der Waals surface area (Å²) in [7, 11) is 5.10. The van der Waals surface area contributed by atoms with Crippen molar-refractivity contribution in [2.24, 2.45) is 0 Å². The van der Waals surface area contributed by atoms with Gasteiger partial charge >= 0.3 is 11.9 Å². The molecule has 0 N–H and O–H groups in total. The third kappa shape index (κ3) is 4.52. The van der Waals surface area contributed by atoms with Crippen molar-refractivity contribution in [1.29, 1.82) is 0 Å². The highest BCUT2D eigenvalue weighted by atomic mass is 16.5. The Morgan fingerprint density at radius 3 is 2.21 bits per heavy atom. The first-order chi connectivity index (χ1) is 11.5. The number of aromatic nitrogens is 2. The average molecular weight is 329 g/mol. The largest absolute Gasteiger partial charge is 0.464 e. The van der Waals surface area contributed by atoms with Crippen molar-refractivity contribution in [3.05, 3.63) is 53.6 Å². The number of hydrogen-bond donors (Lipinski definition) is 0. The molecule has 0 saturated carbocycles. The summed E-state index contributed by atoms with van der Waals surface area (Å²) in [4.78, 5) is 33.2. The summed E-state index contributed by atoms with van der Waals surface area (Å²) in [6, 6.07) is 6.76. The second kappa shape index (κ2) is 8.05. The van der Waals surface area contributed by atoms with Gasteiger partial charge in [-0.25, -0.2) is 19.6 Å². The third-order valence-corrected chi connectivity index (χ3v) is 3.32. The van der Waals surface area contributed by atoms with Gasteiger partial charge in [0.15, 0.2) is 0 Å². The number of carbonyl (C=O) groups excluding carboxylic acids is 2. The van der Waals surface area contributed by atoms with Crippen LogP contribution in [0.5, 0.6) is 0 Å². The van der Waals surface area contributed by atoms with Gasteiger partial charge < -0.3 is 14.4 Å². The zero-order valence-corrected chi connectivity index (χ0v) is 13.9. The molecule has 2 aromatic rings. The standard InChI is InChI=1S/C17H19N3O4/c1-20(2)13-5-7-15(19-11-13)17(22)24-9-8-12-4-6-14(18-10-12)16(21)23-3/h4-7,10-11H,8-9H2,1-3H3. The predicted molar refractivity (Wildman–Crippen MR) is 88.1 cm³/mol. The van der Waals surface area contributed by atoms with Crippen LogP contribution < -0.4 is 4.90 Å². The molecule has 126 valence electrons. The molecule has 7 nitrogen and oxygen atoms in total. The van der Waals surface area contributed by atoms with Crippen LogP contribution in [0.3, 0.4) is 0 Å². The van der Waals surface area contributed by atoms with Gasteiger partial charge in [-0.3, -0.25) is 0 Å². The quantitative estimate of drug-likeness (QED) is 0.746. The van der Waals surface area contributed by atoms with E-state index < -0.39 is 11.9 Å². The van der Waals surface area contributed by atoms with E-state index in [1.165, 1.54) is 7.11 Å². The van der Waals surface area contributed by atoms with E-state index in [0.29, 0.717) is 6.42 Å². The molecule has 0 bridgehead atoms. The van der Waals surface area contributed by atoms with E-state index >= 15 is 0 Å². The summed E-state index contributed by atoms with van der Waals surface area (Å²) >= 11 is 0. The molecule has 24 heavy (non-hydrogen) atoms. The first kappa shape index (κ1) is 17.4. The van der Waals surface area contributed by atoms with Crippen LogP contribution in [0, 0.1) is 0 Å². The average Bonchev–Trinajstić information content (AvgIpc) is 2.61. The summed E-state index contributed by atoms with van der Waals surface area (Å²) in [6.07, 6.45) is 3.67. The number of pyridine rings is 2. The SMILES string of the molecule is COC(=O)c1ccc(CCOC(=O)c2ccc(N(C)C)cn2)cn1. The number of anilines is 1. The van der Waals surface area contributed by atoms with Gasteiger partial charge in [0, 0.05) is 26.7 Å². The molecular weight excluding hydrogens is 310 g/mol. The predicted octanol–water partition coefficient (Wildman–Crippen LogP) is 1.73. The van der Waals surface area contributed by atoms with Crippen LogP contribution in [-0.4, -0.2) is 49.7 Å². The number of esters is 2. The van der Waals surface area contributed by atoms with Gasteiger partial charge in [0.2, 0.25) is 0 Å². The Labute approximate surface area is 140 Å². The van der Waals surface area contributed by atoms with Crippen LogP contribution in [0.2, 0.25) is 0 Å². The normalized spacial score (nSPS) is 10.1. The zero-order chi connectivity index (χ0) is 17.5. The maximum Gasteiger partial charge on any atom is 0.356 e. The summed E-state index contributed by atoms with van der Waals surface area (Å²) in [5.74, 6) is -0.959. The fourth-order valence-electron chi connectivity index (χ4n) is 1.90. The van der Waals surface area contributed by atoms with Gasteiger partial charge in [0.25, 0.3) is 0 Å². The topological polar surface area (TPSA) is 81.6 Å². The monoisotopic (exact) mass is 329 g/mol. The Morgan fingerprint density at radius 1 is 1.00 bits per heavy atom. The van der Waals surface area contributed by atoms with Gasteiger partial charge in [-0.15, -0.1) is 0 Å². The van der Waals surface area contributed by atoms with Crippen molar-refractivity contribution in [1.82, 2.24) is 9.97 Å². The van der Waals surface area contributed by atoms with Gasteiger partial charge in [0.05, 0.1) is 25.6 Å². The molecule has 0 atom stereocenters. The molecule has 2 heterocycles. The van der Waals surface area contributed by atoms with Crippen molar-refractivity contribution >= 4 is 17.6 Å². The molecule has 0 radical (unpaired) electrons. The van der Waals surface area contributed by atoms with E-state index in [0.717, 1.165) is 11.3 Å². The smallest absolute Gasteiger partial charge is 0.356 e. The van der Waals surface area contributed by atoms with Gasteiger partial charge in [-0.05, 0) is 23.8 Å². The van der Waals surface area contributed by atoms with Gasteiger partial charge in [-0.1, -0.05) is 6.07 Å². The molecule has 0 spiro atoms. The molecular formula is C17H19N3O4. The Kier molecular flexibility index (Phi) is 5.83. The van der Waals surface area contributed by atoms with E-state index in [9.17, 15) is 9.59 Å². The number of methoxy groups -OCH3 is 1. The van der Waals surface area contributed by atoms with Crippen LogP contribution in [0.4, 0.5) is 5.69 Å². The second-order valence-corrected chi connectivity index (χ2v) is 5.23. The molecule has 2 rings (SSSR count). The van der Waals surface area contributed by atoms with Gasteiger partial charge in [0.1, 0.15) is 11.4 Å². The molecule has 7 heteroatoms. The van der Waals surface area contributed by atoms with Crippen molar-refractivity contribution in [3.8, 4) is 0 Å². The first-order valence-corrected chi connectivity index (χ1v) is 7.35. The molecule has 0 unspecified atom stereocenters. The number of carbonyl (C=O) groups is 2. The number of nitrogens with zero attached hydrogens (tertiary/aromatic N) is 3. The third-order valence-electron chi connectivity index (χ3n) is 3.32. The van der Waals surface area contributed by atoms with E-state index in [-0.39, 0.29) is 18.0 Å². The lowest BCUT2D eigenvalue weighted by Crippen LogP contribution is -2.12. The van der Waals surface area contributed by atoms with Crippen LogP contribution in [0.1, 0.15) is 26.5 Å². The minimum Gasteiger partial charge on any atom is -0.464 e. The lowest BCUT2D eigenvalue weighted by molar-refractivity contribution is 0.0502. The molecule has 0 aliphatic rings. The van der Waals surface area contributed by atoms with Crippen molar-refractivity contribution in [3.63, 3.8) is 0 Å². The van der Waals surface area contributed by atoms with Crippen LogP contribution >= 0.6 is 0 Å². The van der Waals surface area contributed by atoms with Gasteiger partial charge in [-0.2, -0.15) is 0 Å². The highest BCUT2D eigenvalue weighted by Gasteiger charge is 2.10. The Hall–Kier alpha value is -2.96. The molecule has 0 saturated heterocycles. The molecule has 0 aliphatic heterocycles. The molecule has 2 aromatic heterocycles. The summed E-state index contributed by atoms with van der Waals surface area (Å²) < 4.78 is 9.78. The maximum atomic E-state index is 11.9. The van der Waals surface area contributed by atoms with Crippen LogP contribution in [0.15, 0.2) is 36.7 Å². The second-order valence-electron chi connectivity index (χ2n) is 5.23. The Balaban J connectivity index is 1.85. The van der Waals surface area contributed by atoms with E-state index in [2.05, 4.69) is 14.7 Å². The van der Waals surface area contributed by atoms with Crippen molar-refractivity contribution < 1.29 is 19.1 Å². The lowest BCUT2D eigenvalue weighted by Gasteiger charge is -2.11. The fourth-order valence-corrected chi connectivity index (χ4v) is 1.90. The summed E-state index contributed by atoms with van der Waals surface area (Å²) in [6.45, 7) is 0.204. The fraction of sp³-hybridized carbons (Fsp3) is 0.294. The number of ether oxygens (including phenoxy) is 2. The van der Waals surface area contributed by atoms with E-state index in [1.54, 1.807) is 36.7 Å². The van der Waals surface area contributed by atoms with E-state index in [4.69, 9.17) is 4.74 Å². The number of hydrogen-bond acceptors (Lipinski definition) is 7. The maximum absolute atomic E-state index is 11.9.